The number of nitrogens with zero attached hydrogens (tertiary/aromatic N) is 2. The van der Waals surface area contributed by atoms with E-state index in [1.165, 1.54) is 11.3 Å². The van der Waals surface area contributed by atoms with E-state index in [4.69, 9.17) is 9.47 Å². The van der Waals surface area contributed by atoms with Gasteiger partial charge in [-0.05, 0) is 36.3 Å². The molecule has 0 aliphatic heterocycles. The van der Waals surface area contributed by atoms with Crippen LogP contribution in [0.25, 0.3) is 6.08 Å². The Hall–Kier alpha value is -3.19. The number of methoxy groups -OCH3 is 2. The quantitative estimate of drug-likeness (QED) is 0.607. The molecule has 0 saturated heterocycles. The average Bonchev–Trinajstić information content (AvgIpc) is 3.15. The summed E-state index contributed by atoms with van der Waals surface area (Å²) in [4.78, 5) is 12.4. The summed E-state index contributed by atoms with van der Waals surface area (Å²) < 4.78 is 10.6. The van der Waals surface area contributed by atoms with Gasteiger partial charge in [0.2, 0.25) is 5.13 Å². The Labute approximate surface area is 167 Å². The van der Waals surface area contributed by atoms with Crippen LogP contribution >= 0.6 is 11.3 Å². The molecule has 1 amide bonds. The van der Waals surface area contributed by atoms with Gasteiger partial charge in [0.05, 0.1) is 14.2 Å². The van der Waals surface area contributed by atoms with Crippen molar-refractivity contribution in [1.29, 1.82) is 0 Å². The summed E-state index contributed by atoms with van der Waals surface area (Å²) in [6.45, 7) is 1.77. The first kappa shape index (κ1) is 19.6. The van der Waals surface area contributed by atoms with Crippen LogP contribution in [0, 0.1) is 0 Å². The molecule has 0 aliphatic rings. The molecule has 3 rings (SSSR count). The van der Waals surface area contributed by atoms with Crippen molar-refractivity contribution >= 4 is 28.5 Å². The third-order valence-electron chi connectivity index (χ3n) is 4.03. The van der Waals surface area contributed by atoms with Gasteiger partial charge in [-0.3, -0.25) is 10.1 Å². The summed E-state index contributed by atoms with van der Waals surface area (Å²) in [7, 11) is 3.21. The molecule has 1 N–H and O–H groups in total. The highest BCUT2D eigenvalue weighted by molar-refractivity contribution is 7.15. The summed E-state index contributed by atoms with van der Waals surface area (Å²) in [6.07, 6.45) is 2.42. The van der Waals surface area contributed by atoms with Crippen molar-refractivity contribution in [3.63, 3.8) is 0 Å². The van der Waals surface area contributed by atoms with Gasteiger partial charge in [-0.2, -0.15) is 0 Å². The Bertz CT molecular complexity index is 984. The largest absolute Gasteiger partial charge is 0.493 e. The Kier molecular flexibility index (Phi) is 6.39. The number of nitrogens with one attached hydrogen (secondary N) is 1. The van der Waals surface area contributed by atoms with E-state index < -0.39 is 0 Å². The Morgan fingerprint density at radius 1 is 1.07 bits per heavy atom. The molecule has 3 aromatic rings. The van der Waals surface area contributed by atoms with Crippen molar-refractivity contribution in [3.8, 4) is 11.5 Å². The van der Waals surface area contributed by atoms with Gasteiger partial charge in [-0.1, -0.05) is 47.7 Å². The maximum absolute atomic E-state index is 12.4. The minimum atomic E-state index is -0.197. The number of rotatable bonds is 7. The van der Waals surface area contributed by atoms with Crippen LogP contribution in [0.15, 0.2) is 54.1 Å². The van der Waals surface area contributed by atoms with E-state index in [0.717, 1.165) is 16.1 Å². The standard InChI is InChI=1S/C21H21N3O3S/c1-14(11-15-7-5-4-6-8-15)20(25)22-21-24-23-19(28-21)13-16-9-10-17(26-2)18(12-16)27-3/h4-12H,13H2,1-3H3,(H,22,24,25). The van der Waals surface area contributed by atoms with E-state index in [1.54, 1.807) is 21.1 Å². The predicted octanol–water partition coefficient (Wildman–Crippen LogP) is 4.19. The van der Waals surface area contributed by atoms with E-state index >= 15 is 0 Å². The van der Waals surface area contributed by atoms with Gasteiger partial charge in [0.15, 0.2) is 11.5 Å². The number of carbonyl (C=O) groups excluding carboxylic acids is 1. The predicted molar refractivity (Wildman–Crippen MR) is 111 cm³/mol. The maximum atomic E-state index is 12.4. The van der Waals surface area contributed by atoms with Gasteiger partial charge in [-0.15, -0.1) is 10.2 Å². The number of hydrogen-bond acceptors (Lipinski definition) is 6. The van der Waals surface area contributed by atoms with Crippen molar-refractivity contribution in [2.75, 3.05) is 19.5 Å². The van der Waals surface area contributed by atoms with Crippen LogP contribution < -0.4 is 14.8 Å². The molecule has 0 radical (unpaired) electrons. The molecule has 0 saturated carbocycles. The van der Waals surface area contributed by atoms with Crippen LogP contribution in [0.2, 0.25) is 0 Å². The first-order valence-electron chi connectivity index (χ1n) is 8.67. The fourth-order valence-corrected chi connectivity index (χ4v) is 3.37. The lowest BCUT2D eigenvalue weighted by molar-refractivity contribution is -0.112. The summed E-state index contributed by atoms with van der Waals surface area (Å²) in [6, 6.07) is 15.4. The van der Waals surface area contributed by atoms with Gasteiger partial charge in [0, 0.05) is 12.0 Å². The van der Waals surface area contributed by atoms with Crippen molar-refractivity contribution in [1.82, 2.24) is 10.2 Å². The normalized spacial score (nSPS) is 11.2. The second-order valence-electron chi connectivity index (χ2n) is 6.06. The highest BCUT2D eigenvalue weighted by Crippen LogP contribution is 2.29. The summed E-state index contributed by atoms with van der Waals surface area (Å²) in [5.74, 6) is 1.15. The third-order valence-corrected chi connectivity index (χ3v) is 4.87. The second-order valence-corrected chi connectivity index (χ2v) is 7.12. The smallest absolute Gasteiger partial charge is 0.253 e. The molecule has 0 bridgehead atoms. The minimum Gasteiger partial charge on any atom is -0.493 e. The number of benzene rings is 2. The van der Waals surface area contributed by atoms with Crippen LogP contribution in [-0.4, -0.2) is 30.3 Å². The molecule has 0 atom stereocenters. The topological polar surface area (TPSA) is 73.3 Å². The molecule has 2 aromatic carbocycles. The molecule has 1 heterocycles. The van der Waals surface area contributed by atoms with Crippen molar-refractivity contribution < 1.29 is 14.3 Å². The van der Waals surface area contributed by atoms with Gasteiger partial charge < -0.3 is 9.47 Å². The second kappa shape index (κ2) is 9.14. The van der Waals surface area contributed by atoms with Crippen LogP contribution in [-0.2, 0) is 11.2 Å². The third kappa shape index (κ3) is 4.95. The van der Waals surface area contributed by atoms with Crippen LogP contribution in [0.1, 0.15) is 23.1 Å². The number of ether oxygens (including phenoxy) is 2. The minimum absolute atomic E-state index is 0.197. The van der Waals surface area contributed by atoms with E-state index in [-0.39, 0.29) is 5.91 Å². The molecule has 28 heavy (non-hydrogen) atoms. The maximum Gasteiger partial charge on any atom is 0.253 e. The van der Waals surface area contributed by atoms with E-state index in [1.807, 2.05) is 54.6 Å². The number of amides is 1. The molecule has 0 aliphatic carbocycles. The van der Waals surface area contributed by atoms with E-state index in [0.29, 0.717) is 28.6 Å². The molecule has 0 unspecified atom stereocenters. The van der Waals surface area contributed by atoms with Crippen molar-refractivity contribution in [2.45, 2.75) is 13.3 Å². The lowest BCUT2D eigenvalue weighted by atomic mass is 10.1. The lowest BCUT2D eigenvalue weighted by Crippen LogP contribution is -2.12. The first-order valence-corrected chi connectivity index (χ1v) is 9.48. The average molecular weight is 395 g/mol. The monoisotopic (exact) mass is 395 g/mol. The highest BCUT2D eigenvalue weighted by atomic mass is 32.1. The summed E-state index contributed by atoms with van der Waals surface area (Å²) >= 11 is 1.35. The SMILES string of the molecule is COc1ccc(Cc2nnc(NC(=O)C(C)=Cc3ccccc3)s2)cc1OC. The van der Waals surface area contributed by atoms with Crippen LogP contribution in [0.3, 0.4) is 0 Å². The van der Waals surface area contributed by atoms with Gasteiger partial charge in [0.1, 0.15) is 5.01 Å². The molecule has 1 aromatic heterocycles. The highest BCUT2D eigenvalue weighted by Gasteiger charge is 2.11. The lowest BCUT2D eigenvalue weighted by Gasteiger charge is -2.08. The van der Waals surface area contributed by atoms with Gasteiger partial charge in [0.25, 0.3) is 5.91 Å². The van der Waals surface area contributed by atoms with Gasteiger partial charge in [-0.25, -0.2) is 0 Å². The molecule has 0 fully saturated rings. The van der Waals surface area contributed by atoms with E-state index in [9.17, 15) is 4.79 Å². The molecular formula is C21H21N3O3S. The summed E-state index contributed by atoms with van der Waals surface area (Å²) in [5.41, 5.74) is 2.59. The number of aromatic nitrogens is 2. The Balaban J connectivity index is 1.65. The molecule has 144 valence electrons. The van der Waals surface area contributed by atoms with Crippen molar-refractivity contribution in [3.05, 3.63) is 70.2 Å². The van der Waals surface area contributed by atoms with Crippen molar-refractivity contribution in [2.24, 2.45) is 0 Å². The van der Waals surface area contributed by atoms with Gasteiger partial charge >= 0.3 is 0 Å². The summed E-state index contributed by atoms with van der Waals surface area (Å²) in [5, 5.41) is 12.3. The Morgan fingerprint density at radius 3 is 2.54 bits per heavy atom. The van der Waals surface area contributed by atoms with Crippen LogP contribution in [0.5, 0.6) is 11.5 Å². The number of hydrogen-bond donors (Lipinski definition) is 1. The molecule has 7 heteroatoms. The van der Waals surface area contributed by atoms with E-state index in [2.05, 4.69) is 15.5 Å². The molecule has 0 spiro atoms. The molecular weight excluding hydrogens is 374 g/mol. The number of anilines is 1. The van der Waals surface area contributed by atoms with Crippen LogP contribution in [0.4, 0.5) is 5.13 Å². The molecule has 6 nitrogen and oxygen atoms in total. The number of carbonyl (C=O) groups is 1. The zero-order chi connectivity index (χ0) is 19.9. The fourth-order valence-electron chi connectivity index (χ4n) is 2.60. The first-order chi connectivity index (χ1) is 13.6. The fraction of sp³-hybridized carbons (Fsp3) is 0.190. The zero-order valence-corrected chi connectivity index (χ0v) is 16.7. The zero-order valence-electron chi connectivity index (χ0n) is 15.9. The Morgan fingerprint density at radius 2 is 1.82 bits per heavy atom.